The lowest BCUT2D eigenvalue weighted by Crippen LogP contribution is -2.58. The number of imide groups is 4. The first kappa shape index (κ1) is 26.7. The van der Waals surface area contributed by atoms with Crippen molar-refractivity contribution in [1.82, 2.24) is 20.4 Å². The fourth-order valence-electron chi connectivity index (χ4n) is 4.70. The molecule has 2 aromatic rings. The molecule has 0 bridgehead atoms. The molecule has 2 N–H and O–H groups in total. The van der Waals surface area contributed by atoms with Crippen molar-refractivity contribution in [3.63, 3.8) is 0 Å². The lowest BCUT2D eigenvalue weighted by molar-refractivity contribution is -0.144. The highest BCUT2D eigenvalue weighted by Gasteiger charge is 2.41. The summed E-state index contributed by atoms with van der Waals surface area (Å²) in [6, 6.07) is 16.9. The van der Waals surface area contributed by atoms with Crippen molar-refractivity contribution in [3.05, 3.63) is 71.8 Å². The molecule has 2 atom stereocenters. The minimum absolute atomic E-state index is 0.167. The second kappa shape index (κ2) is 12.3. The summed E-state index contributed by atoms with van der Waals surface area (Å²) in [4.78, 5) is 76.9. The van der Waals surface area contributed by atoms with Gasteiger partial charge in [0.15, 0.2) is 0 Å². The van der Waals surface area contributed by atoms with Gasteiger partial charge in [0.05, 0.1) is 0 Å². The molecule has 2 fully saturated rings. The highest BCUT2D eigenvalue weighted by atomic mass is 16.2. The van der Waals surface area contributed by atoms with Crippen molar-refractivity contribution < 1.29 is 28.8 Å². The number of rotatable bonds is 11. The standard InChI is InChI=1S/C28H30N4O6/c33-23-21(17-19-11-5-3-6-12-19)25(35)31(27(37)29-23)15-9-1-2-10-16-32-26(36)22(24(34)30-28(32)38)18-20-13-7-4-8-14-20/h3-8,11-14,21-22H,1-2,9-10,15-18H2,(H,29,33,37)(H,30,34,38). The third-order valence-corrected chi connectivity index (χ3v) is 6.79. The van der Waals surface area contributed by atoms with E-state index in [4.69, 9.17) is 0 Å². The summed E-state index contributed by atoms with van der Waals surface area (Å²) in [5.41, 5.74) is 1.67. The number of unbranched alkanes of at least 4 members (excludes halogenated alkanes) is 3. The molecule has 0 radical (unpaired) electrons. The molecule has 10 nitrogen and oxygen atoms in total. The van der Waals surface area contributed by atoms with E-state index in [0.29, 0.717) is 25.7 Å². The van der Waals surface area contributed by atoms with Gasteiger partial charge in [-0.15, -0.1) is 0 Å². The average Bonchev–Trinajstić information content (AvgIpc) is 2.90. The van der Waals surface area contributed by atoms with E-state index >= 15 is 0 Å². The lowest BCUT2D eigenvalue weighted by atomic mass is 9.95. The summed E-state index contributed by atoms with van der Waals surface area (Å²) in [6.45, 7) is 0.333. The Morgan fingerprint density at radius 1 is 0.526 bits per heavy atom. The van der Waals surface area contributed by atoms with Gasteiger partial charge in [0, 0.05) is 13.1 Å². The molecule has 2 heterocycles. The van der Waals surface area contributed by atoms with Gasteiger partial charge < -0.3 is 0 Å². The SMILES string of the molecule is O=C1NC(=O)N(CCCCCCN2C(=O)NC(=O)C(Cc3ccccc3)C2=O)C(=O)C1Cc1ccccc1. The van der Waals surface area contributed by atoms with E-state index in [9.17, 15) is 28.8 Å². The number of nitrogens with one attached hydrogen (secondary N) is 2. The molecule has 10 heteroatoms. The van der Waals surface area contributed by atoms with Crippen molar-refractivity contribution >= 4 is 35.7 Å². The summed E-state index contributed by atoms with van der Waals surface area (Å²) in [5, 5.41) is 4.54. The van der Waals surface area contributed by atoms with E-state index in [-0.39, 0.29) is 25.9 Å². The number of carbonyl (C=O) groups is 6. The van der Waals surface area contributed by atoms with Crippen LogP contribution in [-0.4, -0.2) is 58.6 Å². The van der Waals surface area contributed by atoms with Gasteiger partial charge in [-0.1, -0.05) is 73.5 Å². The molecule has 4 rings (SSSR count). The fraction of sp³-hybridized carbons (Fsp3) is 0.357. The predicted molar refractivity (Wildman–Crippen MR) is 136 cm³/mol. The largest absolute Gasteiger partial charge is 0.330 e. The van der Waals surface area contributed by atoms with Crippen molar-refractivity contribution in [2.45, 2.75) is 38.5 Å². The van der Waals surface area contributed by atoms with E-state index in [1.54, 1.807) is 0 Å². The molecule has 38 heavy (non-hydrogen) atoms. The molecule has 2 aliphatic heterocycles. The quantitative estimate of drug-likeness (QED) is 0.347. The Kier molecular flexibility index (Phi) is 8.62. The molecule has 8 amide bonds. The number of hydrogen-bond donors (Lipinski definition) is 2. The molecule has 2 unspecified atom stereocenters. The van der Waals surface area contributed by atoms with E-state index in [0.717, 1.165) is 20.9 Å². The Morgan fingerprint density at radius 3 is 1.26 bits per heavy atom. The second-order valence-corrected chi connectivity index (χ2v) is 9.47. The molecule has 2 aromatic carbocycles. The van der Waals surface area contributed by atoms with E-state index < -0.39 is 47.5 Å². The molecule has 0 aliphatic carbocycles. The Balaban J connectivity index is 1.23. The molecular weight excluding hydrogens is 488 g/mol. The Bertz CT molecular complexity index is 1120. The Morgan fingerprint density at radius 2 is 0.895 bits per heavy atom. The number of amides is 8. The lowest BCUT2D eigenvalue weighted by Gasteiger charge is -2.30. The summed E-state index contributed by atoms with van der Waals surface area (Å²) < 4.78 is 0. The van der Waals surface area contributed by atoms with Crippen LogP contribution in [0.2, 0.25) is 0 Å². The zero-order valence-electron chi connectivity index (χ0n) is 20.9. The van der Waals surface area contributed by atoms with Crippen LogP contribution in [0.25, 0.3) is 0 Å². The van der Waals surface area contributed by atoms with E-state index in [2.05, 4.69) is 10.6 Å². The van der Waals surface area contributed by atoms with E-state index in [1.807, 2.05) is 60.7 Å². The van der Waals surface area contributed by atoms with Crippen LogP contribution in [0, 0.1) is 11.8 Å². The van der Waals surface area contributed by atoms with Crippen molar-refractivity contribution in [2.24, 2.45) is 11.8 Å². The summed E-state index contributed by atoms with van der Waals surface area (Å²) in [5.74, 6) is -4.10. The van der Waals surface area contributed by atoms with Crippen LogP contribution in [0.5, 0.6) is 0 Å². The van der Waals surface area contributed by atoms with Gasteiger partial charge in [-0.25, -0.2) is 9.59 Å². The molecule has 0 aromatic heterocycles. The van der Waals surface area contributed by atoms with Gasteiger partial charge in [0.2, 0.25) is 23.6 Å². The molecule has 198 valence electrons. The predicted octanol–water partition coefficient (Wildman–Crippen LogP) is 2.42. The smallest absolute Gasteiger partial charge is 0.277 e. The average molecular weight is 519 g/mol. The molecular formula is C28H30N4O6. The maximum absolute atomic E-state index is 12.9. The zero-order chi connectivity index (χ0) is 27.1. The van der Waals surface area contributed by atoms with Crippen LogP contribution in [0.4, 0.5) is 9.59 Å². The molecule has 0 saturated carbocycles. The second-order valence-electron chi connectivity index (χ2n) is 9.47. The summed E-state index contributed by atoms with van der Waals surface area (Å²) in [6.07, 6.45) is 2.75. The first-order valence-electron chi connectivity index (χ1n) is 12.8. The van der Waals surface area contributed by atoms with Crippen LogP contribution in [0.1, 0.15) is 36.8 Å². The highest BCUT2D eigenvalue weighted by Crippen LogP contribution is 2.19. The monoisotopic (exact) mass is 518 g/mol. The maximum Gasteiger partial charge on any atom is 0.330 e. The molecule has 2 aliphatic rings. The number of nitrogens with zero attached hydrogens (tertiary/aromatic N) is 2. The van der Waals surface area contributed by atoms with Gasteiger partial charge in [-0.3, -0.25) is 39.6 Å². The number of barbiturate groups is 2. The summed E-state index contributed by atoms with van der Waals surface area (Å²) in [7, 11) is 0. The fourth-order valence-corrected chi connectivity index (χ4v) is 4.70. The third kappa shape index (κ3) is 6.31. The first-order valence-corrected chi connectivity index (χ1v) is 12.8. The number of urea groups is 2. The van der Waals surface area contributed by atoms with Crippen LogP contribution in [0.3, 0.4) is 0 Å². The van der Waals surface area contributed by atoms with Crippen LogP contribution < -0.4 is 10.6 Å². The Labute approximate surface area is 220 Å². The van der Waals surface area contributed by atoms with Gasteiger partial charge in [0.25, 0.3) is 0 Å². The highest BCUT2D eigenvalue weighted by molar-refractivity contribution is 6.17. The Hall–Kier alpha value is -4.34. The zero-order valence-corrected chi connectivity index (χ0v) is 20.9. The maximum atomic E-state index is 12.9. The van der Waals surface area contributed by atoms with Crippen LogP contribution in [0.15, 0.2) is 60.7 Å². The van der Waals surface area contributed by atoms with Crippen molar-refractivity contribution in [3.8, 4) is 0 Å². The molecule has 0 spiro atoms. The normalized spacial score (nSPS) is 20.0. The van der Waals surface area contributed by atoms with Crippen molar-refractivity contribution in [2.75, 3.05) is 13.1 Å². The number of hydrogen-bond acceptors (Lipinski definition) is 6. The summed E-state index contributed by atoms with van der Waals surface area (Å²) >= 11 is 0. The van der Waals surface area contributed by atoms with Crippen molar-refractivity contribution in [1.29, 1.82) is 0 Å². The van der Waals surface area contributed by atoms with Crippen LogP contribution in [-0.2, 0) is 32.0 Å². The minimum atomic E-state index is -0.953. The molecule has 2 saturated heterocycles. The number of carbonyl (C=O) groups excluding carboxylic acids is 6. The number of benzene rings is 2. The van der Waals surface area contributed by atoms with Gasteiger partial charge in [-0.2, -0.15) is 0 Å². The third-order valence-electron chi connectivity index (χ3n) is 6.79. The minimum Gasteiger partial charge on any atom is -0.277 e. The van der Waals surface area contributed by atoms with E-state index in [1.165, 1.54) is 0 Å². The van der Waals surface area contributed by atoms with Gasteiger partial charge in [0.1, 0.15) is 11.8 Å². The van der Waals surface area contributed by atoms with Crippen LogP contribution >= 0.6 is 0 Å². The van der Waals surface area contributed by atoms with Gasteiger partial charge in [-0.05, 0) is 36.8 Å². The first-order chi connectivity index (χ1) is 18.3. The van der Waals surface area contributed by atoms with Gasteiger partial charge >= 0.3 is 12.1 Å². The topological polar surface area (TPSA) is 133 Å².